The Morgan fingerprint density at radius 3 is 1.24 bits per heavy atom. The van der Waals surface area contributed by atoms with E-state index in [-0.39, 0.29) is 0 Å². The molecular formula is C47H87N3. The number of piperazine rings is 1. The van der Waals surface area contributed by atoms with E-state index in [1.54, 1.807) is 0 Å². The van der Waals surface area contributed by atoms with Crippen LogP contribution in [0.2, 0.25) is 0 Å². The van der Waals surface area contributed by atoms with Crippen molar-refractivity contribution in [3.05, 3.63) is 48.6 Å². The van der Waals surface area contributed by atoms with E-state index in [0.29, 0.717) is 0 Å². The molecule has 0 aromatic carbocycles. The summed E-state index contributed by atoms with van der Waals surface area (Å²) >= 11 is 0. The van der Waals surface area contributed by atoms with Gasteiger partial charge in [-0.15, -0.1) is 0 Å². The van der Waals surface area contributed by atoms with Crippen LogP contribution in [0.15, 0.2) is 48.6 Å². The van der Waals surface area contributed by atoms with Gasteiger partial charge in [0.25, 0.3) is 0 Å². The Hall–Kier alpha value is -1.16. The van der Waals surface area contributed by atoms with Gasteiger partial charge >= 0.3 is 0 Å². The van der Waals surface area contributed by atoms with Gasteiger partial charge in [0, 0.05) is 38.3 Å². The highest BCUT2D eigenvalue weighted by atomic mass is 15.3. The number of hydrogen-bond acceptors (Lipinski definition) is 3. The summed E-state index contributed by atoms with van der Waals surface area (Å²) in [6.45, 7) is 12.4. The summed E-state index contributed by atoms with van der Waals surface area (Å²) in [6.07, 6.45) is 57.1. The van der Waals surface area contributed by atoms with Crippen molar-refractivity contribution in [1.29, 1.82) is 0 Å². The van der Waals surface area contributed by atoms with Crippen LogP contribution in [0, 0.1) is 0 Å². The fraction of sp³-hybridized carbons (Fsp3) is 0.830. The normalized spacial score (nSPS) is 17.7. The van der Waals surface area contributed by atoms with Crippen LogP contribution in [-0.2, 0) is 0 Å². The Kier molecular flexibility index (Phi) is 30.3. The first-order valence-corrected chi connectivity index (χ1v) is 22.5. The number of rotatable bonds is 32. The average molecular weight is 694 g/mol. The molecule has 0 radical (unpaired) electrons. The van der Waals surface area contributed by atoms with Crippen molar-refractivity contribution in [2.45, 2.75) is 206 Å². The van der Waals surface area contributed by atoms with Gasteiger partial charge in [-0.1, -0.05) is 152 Å². The highest BCUT2D eigenvalue weighted by molar-refractivity contribution is 4.93. The Bertz CT molecular complexity index is 779. The highest BCUT2D eigenvalue weighted by Gasteiger charge is 2.28. The first-order chi connectivity index (χ1) is 24.7. The van der Waals surface area contributed by atoms with Gasteiger partial charge < -0.3 is 4.90 Å². The van der Waals surface area contributed by atoms with Gasteiger partial charge in [0.2, 0.25) is 0 Å². The van der Waals surface area contributed by atoms with Crippen LogP contribution in [0.25, 0.3) is 0 Å². The van der Waals surface area contributed by atoms with E-state index in [4.69, 9.17) is 0 Å². The highest BCUT2D eigenvalue weighted by Crippen LogP contribution is 2.23. The Labute approximate surface area is 314 Å². The average Bonchev–Trinajstić information content (AvgIpc) is 3.14. The van der Waals surface area contributed by atoms with Crippen molar-refractivity contribution in [1.82, 2.24) is 14.7 Å². The minimum absolute atomic E-state index is 0.825. The summed E-state index contributed by atoms with van der Waals surface area (Å²) in [5, 5.41) is 0. The first-order valence-electron chi connectivity index (χ1n) is 22.5. The number of piperidine rings is 1. The number of allylic oxidation sites excluding steroid dienone is 8. The lowest BCUT2D eigenvalue weighted by Gasteiger charge is -2.44. The zero-order valence-electron chi connectivity index (χ0n) is 34.2. The molecule has 0 bridgehead atoms. The summed E-state index contributed by atoms with van der Waals surface area (Å²) in [7, 11) is 2.29. The summed E-state index contributed by atoms with van der Waals surface area (Å²) in [5.74, 6) is 0. The van der Waals surface area contributed by atoms with Gasteiger partial charge in [-0.05, 0) is 110 Å². The minimum atomic E-state index is 0.825. The fourth-order valence-corrected chi connectivity index (χ4v) is 8.07. The molecule has 290 valence electrons. The second-order valence-corrected chi connectivity index (χ2v) is 16.0. The van der Waals surface area contributed by atoms with Crippen molar-refractivity contribution in [3.63, 3.8) is 0 Å². The minimum Gasteiger partial charge on any atom is -0.306 e. The Balaban J connectivity index is 1.57. The van der Waals surface area contributed by atoms with Gasteiger partial charge in [0.15, 0.2) is 0 Å². The molecule has 0 spiro atoms. The first kappa shape index (κ1) is 45.0. The second kappa shape index (κ2) is 33.7. The number of hydrogen-bond donors (Lipinski definition) is 0. The number of unbranched alkanes of at least 4 members (excludes halogenated alkanes) is 18. The molecular weight excluding hydrogens is 607 g/mol. The van der Waals surface area contributed by atoms with Gasteiger partial charge in [-0.25, -0.2) is 0 Å². The van der Waals surface area contributed by atoms with E-state index in [9.17, 15) is 0 Å². The summed E-state index contributed by atoms with van der Waals surface area (Å²) in [4.78, 5) is 8.29. The maximum atomic E-state index is 2.92. The van der Waals surface area contributed by atoms with Crippen LogP contribution in [0.3, 0.4) is 0 Å². The number of likely N-dealkylation sites (tertiary alicyclic amines) is 1. The largest absolute Gasteiger partial charge is 0.306 e. The molecule has 2 aliphatic rings. The SMILES string of the molecule is CCCCC/C=C\C/C=C\CCCCCCCCC(CCCCCCCC/C=C\C/C=C\CCCCC)N1CCN(C2CCN(C)CC2)CC1. The van der Waals surface area contributed by atoms with Gasteiger partial charge in [0.1, 0.15) is 0 Å². The third-order valence-electron chi connectivity index (χ3n) is 11.5. The lowest BCUT2D eigenvalue weighted by molar-refractivity contribution is 0.0413. The predicted molar refractivity (Wildman–Crippen MR) is 225 cm³/mol. The van der Waals surface area contributed by atoms with Crippen molar-refractivity contribution >= 4 is 0 Å². The standard InChI is InChI=1S/C47H87N3/c1-4-6-8-10-12-14-16-18-20-22-24-26-28-30-32-34-36-46(49-42-44-50(45-43-49)47-38-40-48(3)41-39-47)37-35-33-31-29-27-25-23-21-19-17-15-13-11-9-7-5-2/h12-15,18-21,46-47H,4-11,16-17,22-45H2,1-3H3/b14-12-,15-13-,20-18-,21-19-. The van der Waals surface area contributed by atoms with Crippen LogP contribution in [0.1, 0.15) is 194 Å². The molecule has 3 heteroatoms. The van der Waals surface area contributed by atoms with Crippen molar-refractivity contribution in [2.24, 2.45) is 0 Å². The zero-order chi connectivity index (χ0) is 35.6. The Morgan fingerprint density at radius 2 is 0.820 bits per heavy atom. The molecule has 0 aliphatic carbocycles. The molecule has 0 saturated carbocycles. The van der Waals surface area contributed by atoms with Gasteiger partial charge in [-0.3, -0.25) is 9.80 Å². The maximum absolute atomic E-state index is 2.92. The van der Waals surface area contributed by atoms with Crippen molar-refractivity contribution in [3.8, 4) is 0 Å². The molecule has 0 aromatic heterocycles. The van der Waals surface area contributed by atoms with Crippen molar-refractivity contribution in [2.75, 3.05) is 46.3 Å². The quantitative estimate of drug-likeness (QED) is 0.0513. The molecule has 0 unspecified atom stereocenters. The predicted octanol–water partition coefficient (Wildman–Crippen LogP) is 13.5. The van der Waals surface area contributed by atoms with E-state index in [2.05, 4.69) is 84.2 Å². The second-order valence-electron chi connectivity index (χ2n) is 16.0. The van der Waals surface area contributed by atoms with E-state index in [1.807, 2.05) is 0 Å². The van der Waals surface area contributed by atoms with Crippen LogP contribution in [0.5, 0.6) is 0 Å². The van der Waals surface area contributed by atoms with Gasteiger partial charge in [0.05, 0.1) is 0 Å². The van der Waals surface area contributed by atoms with E-state index in [1.165, 1.54) is 206 Å². The monoisotopic (exact) mass is 694 g/mol. The number of nitrogens with zero attached hydrogens (tertiary/aromatic N) is 3. The molecule has 2 rings (SSSR count). The smallest absolute Gasteiger partial charge is 0.0121 e. The molecule has 3 nitrogen and oxygen atoms in total. The molecule has 0 atom stereocenters. The van der Waals surface area contributed by atoms with Crippen LogP contribution in [0.4, 0.5) is 0 Å². The molecule has 2 fully saturated rings. The summed E-state index contributed by atoms with van der Waals surface area (Å²) in [5.41, 5.74) is 0. The molecule has 0 amide bonds. The third-order valence-corrected chi connectivity index (χ3v) is 11.5. The molecule has 2 aliphatic heterocycles. The molecule has 0 N–H and O–H groups in total. The van der Waals surface area contributed by atoms with E-state index < -0.39 is 0 Å². The third kappa shape index (κ3) is 24.9. The molecule has 2 saturated heterocycles. The molecule has 50 heavy (non-hydrogen) atoms. The lowest BCUT2D eigenvalue weighted by atomic mass is 9.97. The fourth-order valence-electron chi connectivity index (χ4n) is 8.07. The van der Waals surface area contributed by atoms with Crippen LogP contribution in [-0.4, -0.2) is 73.1 Å². The zero-order valence-corrected chi connectivity index (χ0v) is 34.2. The van der Waals surface area contributed by atoms with E-state index >= 15 is 0 Å². The summed E-state index contributed by atoms with van der Waals surface area (Å²) in [6, 6.07) is 1.67. The van der Waals surface area contributed by atoms with E-state index in [0.717, 1.165) is 24.9 Å². The lowest BCUT2D eigenvalue weighted by Crippen LogP contribution is -2.55. The molecule has 2 heterocycles. The topological polar surface area (TPSA) is 9.72 Å². The Morgan fingerprint density at radius 1 is 0.440 bits per heavy atom. The van der Waals surface area contributed by atoms with Crippen LogP contribution < -0.4 is 0 Å². The summed E-state index contributed by atoms with van der Waals surface area (Å²) < 4.78 is 0. The van der Waals surface area contributed by atoms with Crippen LogP contribution >= 0.6 is 0 Å². The van der Waals surface area contributed by atoms with Crippen molar-refractivity contribution < 1.29 is 0 Å². The molecule has 0 aromatic rings. The maximum Gasteiger partial charge on any atom is 0.0121 e. The van der Waals surface area contributed by atoms with Gasteiger partial charge in [-0.2, -0.15) is 0 Å².